The first-order valence-electron chi connectivity index (χ1n) is 17.2. The maximum atomic E-state index is 5.23. The van der Waals surface area contributed by atoms with E-state index in [1.165, 1.54) is 43.8 Å². The van der Waals surface area contributed by atoms with Crippen molar-refractivity contribution < 1.29 is 0 Å². The van der Waals surface area contributed by atoms with Gasteiger partial charge in [0.1, 0.15) is 5.82 Å². The summed E-state index contributed by atoms with van der Waals surface area (Å²) in [5.41, 5.74) is 10.6. The minimum atomic E-state index is 0.817. The van der Waals surface area contributed by atoms with E-state index in [4.69, 9.17) is 9.97 Å². The van der Waals surface area contributed by atoms with Crippen LogP contribution in [-0.2, 0) is 0 Å². The van der Waals surface area contributed by atoms with Gasteiger partial charge < -0.3 is 0 Å². The van der Waals surface area contributed by atoms with Crippen LogP contribution in [0.25, 0.3) is 94.1 Å². The summed E-state index contributed by atoms with van der Waals surface area (Å²) in [7, 11) is 0. The van der Waals surface area contributed by atoms with Gasteiger partial charge in [-0.25, -0.2) is 9.97 Å². The molecule has 0 N–H and O–H groups in total. The van der Waals surface area contributed by atoms with Gasteiger partial charge in [-0.15, -0.1) is 0 Å². The topological polar surface area (TPSA) is 43.6 Å². The SMILES string of the molecule is c1ccc(-c2c3ccccc3c(-c3ccccc3)c3cc(-c4cccc(-c5cccc(-n6c7ccccc7c7cnccc76)n5)n4)ccc23)cc1. The molecule has 238 valence electrons. The Morgan fingerprint density at radius 1 is 0.353 bits per heavy atom. The van der Waals surface area contributed by atoms with Gasteiger partial charge in [0, 0.05) is 28.7 Å². The summed E-state index contributed by atoms with van der Waals surface area (Å²) < 4.78 is 2.21. The number of aromatic nitrogens is 4. The predicted molar refractivity (Wildman–Crippen MR) is 211 cm³/mol. The summed E-state index contributed by atoms with van der Waals surface area (Å²) in [5, 5.41) is 7.15. The first-order valence-corrected chi connectivity index (χ1v) is 17.2. The van der Waals surface area contributed by atoms with Crippen molar-refractivity contribution in [3.63, 3.8) is 0 Å². The molecule has 4 heterocycles. The van der Waals surface area contributed by atoms with E-state index in [-0.39, 0.29) is 0 Å². The quantitative estimate of drug-likeness (QED) is 0.174. The molecule has 4 nitrogen and oxygen atoms in total. The molecular formula is C47H30N4. The van der Waals surface area contributed by atoms with Crippen LogP contribution in [0.15, 0.2) is 182 Å². The van der Waals surface area contributed by atoms with Crippen molar-refractivity contribution in [1.82, 2.24) is 19.5 Å². The second-order valence-electron chi connectivity index (χ2n) is 12.8. The first kappa shape index (κ1) is 29.0. The zero-order valence-electron chi connectivity index (χ0n) is 27.6. The summed E-state index contributed by atoms with van der Waals surface area (Å²) in [5.74, 6) is 0.843. The largest absolute Gasteiger partial charge is 0.294 e. The van der Waals surface area contributed by atoms with Crippen LogP contribution in [0.1, 0.15) is 0 Å². The molecule has 0 unspecified atom stereocenters. The fraction of sp³-hybridized carbons (Fsp3) is 0. The number of fused-ring (bicyclic) bond motifs is 5. The normalized spacial score (nSPS) is 11.5. The Bertz CT molecular complexity index is 2860. The van der Waals surface area contributed by atoms with E-state index in [0.717, 1.165) is 50.3 Å². The average Bonchev–Trinajstić information content (AvgIpc) is 3.55. The highest BCUT2D eigenvalue weighted by molar-refractivity contribution is 6.22. The average molecular weight is 651 g/mol. The molecule has 0 fully saturated rings. The second-order valence-corrected chi connectivity index (χ2v) is 12.8. The molecule has 10 rings (SSSR count). The molecular weight excluding hydrogens is 621 g/mol. The van der Waals surface area contributed by atoms with E-state index in [2.05, 4.69) is 167 Å². The lowest BCUT2D eigenvalue weighted by molar-refractivity contribution is 1.08. The standard InChI is InChI=1S/C47H30N4/c1-3-13-31(14-4-1)46-35-18-7-8-19-36(35)47(32-15-5-2-6-16-32)38-29-33(25-26-37(38)46)40-20-11-21-41(49-40)42-22-12-24-45(50-42)51-43-23-10-9-17-34(43)39-30-48-28-27-44(39)51/h1-30H. The third-order valence-corrected chi connectivity index (χ3v) is 9.89. The monoisotopic (exact) mass is 650 g/mol. The molecule has 0 radical (unpaired) electrons. The zero-order valence-corrected chi connectivity index (χ0v) is 27.6. The van der Waals surface area contributed by atoms with E-state index < -0.39 is 0 Å². The van der Waals surface area contributed by atoms with Crippen LogP contribution in [0.4, 0.5) is 0 Å². The first-order chi connectivity index (χ1) is 25.3. The fourth-order valence-corrected chi connectivity index (χ4v) is 7.66. The minimum absolute atomic E-state index is 0.817. The van der Waals surface area contributed by atoms with Crippen LogP contribution in [0, 0.1) is 0 Å². The Hall–Kier alpha value is -6.91. The van der Waals surface area contributed by atoms with E-state index in [0.29, 0.717) is 0 Å². The Balaban J connectivity index is 1.15. The van der Waals surface area contributed by atoms with Crippen molar-refractivity contribution in [3.8, 4) is 50.7 Å². The van der Waals surface area contributed by atoms with Crippen LogP contribution in [-0.4, -0.2) is 19.5 Å². The van der Waals surface area contributed by atoms with Crippen molar-refractivity contribution in [1.29, 1.82) is 0 Å². The van der Waals surface area contributed by atoms with Gasteiger partial charge in [0.25, 0.3) is 0 Å². The highest BCUT2D eigenvalue weighted by atomic mass is 15.1. The molecule has 0 saturated heterocycles. The Labute approximate surface area is 295 Å². The molecule has 0 bridgehead atoms. The Kier molecular flexibility index (Phi) is 6.78. The van der Waals surface area contributed by atoms with E-state index >= 15 is 0 Å². The Morgan fingerprint density at radius 2 is 0.922 bits per heavy atom. The van der Waals surface area contributed by atoms with Crippen LogP contribution in [0.5, 0.6) is 0 Å². The molecule has 0 aliphatic carbocycles. The molecule has 4 aromatic heterocycles. The van der Waals surface area contributed by atoms with E-state index in [1.54, 1.807) is 0 Å². The lowest BCUT2D eigenvalue weighted by atomic mass is 9.85. The number of para-hydroxylation sites is 1. The molecule has 0 saturated carbocycles. The number of rotatable bonds is 5. The minimum Gasteiger partial charge on any atom is -0.294 e. The lowest BCUT2D eigenvalue weighted by Crippen LogP contribution is -1.99. The summed E-state index contributed by atoms with van der Waals surface area (Å²) in [6.07, 6.45) is 3.77. The molecule has 0 amide bonds. The number of pyridine rings is 3. The van der Waals surface area contributed by atoms with Gasteiger partial charge in [-0.1, -0.05) is 127 Å². The van der Waals surface area contributed by atoms with Gasteiger partial charge in [0.05, 0.1) is 28.1 Å². The maximum Gasteiger partial charge on any atom is 0.138 e. The number of hydrogen-bond donors (Lipinski definition) is 0. The predicted octanol–water partition coefficient (Wildman–Crippen LogP) is 11.9. The summed E-state index contributed by atoms with van der Waals surface area (Å²) in [6.45, 7) is 0. The highest BCUT2D eigenvalue weighted by Crippen LogP contribution is 2.44. The van der Waals surface area contributed by atoms with Crippen molar-refractivity contribution in [2.24, 2.45) is 0 Å². The molecule has 0 spiro atoms. The number of hydrogen-bond acceptors (Lipinski definition) is 3. The van der Waals surface area contributed by atoms with Crippen LogP contribution in [0.3, 0.4) is 0 Å². The summed E-state index contributed by atoms with van der Waals surface area (Å²) in [6, 6.07) is 59.9. The fourth-order valence-electron chi connectivity index (χ4n) is 7.66. The molecule has 0 atom stereocenters. The highest BCUT2D eigenvalue weighted by Gasteiger charge is 2.18. The third-order valence-electron chi connectivity index (χ3n) is 9.89. The maximum absolute atomic E-state index is 5.23. The molecule has 6 aromatic carbocycles. The van der Waals surface area contributed by atoms with Gasteiger partial charge in [0.2, 0.25) is 0 Å². The zero-order chi connectivity index (χ0) is 33.7. The van der Waals surface area contributed by atoms with Crippen molar-refractivity contribution in [2.75, 3.05) is 0 Å². The van der Waals surface area contributed by atoms with Crippen molar-refractivity contribution in [3.05, 3.63) is 182 Å². The summed E-state index contributed by atoms with van der Waals surface area (Å²) in [4.78, 5) is 14.8. The van der Waals surface area contributed by atoms with Crippen molar-refractivity contribution >= 4 is 43.4 Å². The molecule has 4 heteroatoms. The van der Waals surface area contributed by atoms with Gasteiger partial charge in [-0.3, -0.25) is 9.55 Å². The van der Waals surface area contributed by atoms with Gasteiger partial charge in [0.15, 0.2) is 0 Å². The molecule has 10 aromatic rings. The van der Waals surface area contributed by atoms with Crippen molar-refractivity contribution in [2.45, 2.75) is 0 Å². The second kappa shape index (κ2) is 11.9. The number of nitrogens with zero attached hydrogens (tertiary/aromatic N) is 4. The molecule has 0 aliphatic rings. The molecule has 0 aliphatic heterocycles. The van der Waals surface area contributed by atoms with E-state index in [9.17, 15) is 0 Å². The Morgan fingerprint density at radius 3 is 1.67 bits per heavy atom. The number of benzene rings is 6. The van der Waals surface area contributed by atoms with Crippen LogP contribution < -0.4 is 0 Å². The summed E-state index contributed by atoms with van der Waals surface area (Å²) >= 11 is 0. The van der Waals surface area contributed by atoms with Crippen LogP contribution in [0.2, 0.25) is 0 Å². The molecule has 51 heavy (non-hydrogen) atoms. The van der Waals surface area contributed by atoms with E-state index in [1.807, 2.05) is 24.5 Å². The van der Waals surface area contributed by atoms with Crippen LogP contribution >= 0.6 is 0 Å². The lowest BCUT2D eigenvalue weighted by Gasteiger charge is -2.18. The van der Waals surface area contributed by atoms with Gasteiger partial charge in [-0.05, 0) is 86.3 Å². The third kappa shape index (κ3) is 4.80. The smallest absolute Gasteiger partial charge is 0.138 e. The van der Waals surface area contributed by atoms with Gasteiger partial charge >= 0.3 is 0 Å². The van der Waals surface area contributed by atoms with Gasteiger partial charge in [-0.2, -0.15) is 0 Å².